The van der Waals surface area contributed by atoms with Crippen molar-refractivity contribution in [2.45, 2.75) is 52.2 Å². The SMILES string of the molecule is Cc1cc(C(=O)Nc2cccc(CO[C@@H]3CCC[C@@H](C)C3)c2)n(C)n1. The number of nitrogens with one attached hydrogen (secondary N) is 1. The summed E-state index contributed by atoms with van der Waals surface area (Å²) in [5.74, 6) is 0.606. The highest BCUT2D eigenvalue weighted by atomic mass is 16.5. The number of aromatic nitrogens is 2. The molecule has 0 bridgehead atoms. The van der Waals surface area contributed by atoms with Gasteiger partial charge in [-0.2, -0.15) is 5.10 Å². The fraction of sp³-hybridized carbons (Fsp3) is 0.500. The van der Waals surface area contributed by atoms with Crippen molar-refractivity contribution >= 4 is 11.6 Å². The summed E-state index contributed by atoms with van der Waals surface area (Å²) in [6.07, 6.45) is 5.23. The standard InChI is InChI=1S/C20H27N3O2/c1-14-6-4-9-18(10-14)25-13-16-7-5-8-17(12-16)21-20(24)19-11-15(2)22-23(19)3/h5,7-8,11-12,14,18H,4,6,9-10,13H2,1-3H3,(H,21,24)/t14-,18-/m1/s1. The van der Waals surface area contributed by atoms with Gasteiger partial charge in [-0.15, -0.1) is 0 Å². The Balaban J connectivity index is 1.59. The Morgan fingerprint density at radius 1 is 1.36 bits per heavy atom. The molecule has 1 aromatic heterocycles. The number of ether oxygens (including phenoxy) is 1. The van der Waals surface area contributed by atoms with Gasteiger partial charge in [0.05, 0.1) is 18.4 Å². The molecule has 2 atom stereocenters. The highest BCUT2D eigenvalue weighted by Gasteiger charge is 2.19. The molecule has 5 nitrogen and oxygen atoms in total. The zero-order valence-electron chi connectivity index (χ0n) is 15.3. The molecule has 3 rings (SSSR count). The lowest BCUT2D eigenvalue weighted by Gasteiger charge is -2.26. The number of carbonyl (C=O) groups is 1. The number of aryl methyl sites for hydroxylation is 2. The maximum atomic E-state index is 12.4. The molecule has 0 unspecified atom stereocenters. The molecule has 1 N–H and O–H groups in total. The molecule has 1 aliphatic rings. The van der Waals surface area contributed by atoms with Gasteiger partial charge in [-0.05, 0) is 49.4 Å². The van der Waals surface area contributed by atoms with Gasteiger partial charge in [0.2, 0.25) is 0 Å². The van der Waals surface area contributed by atoms with Gasteiger partial charge in [0.1, 0.15) is 5.69 Å². The van der Waals surface area contributed by atoms with Crippen LogP contribution >= 0.6 is 0 Å². The van der Waals surface area contributed by atoms with Gasteiger partial charge in [0.25, 0.3) is 5.91 Å². The summed E-state index contributed by atoms with van der Waals surface area (Å²) in [5, 5.41) is 7.16. The van der Waals surface area contributed by atoms with Crippen LogP contribution in [0.15, 0.2) is 30.3 Å². The van der Waals surface area contributed by atoms with E-state index in [1.54, 1.807) is 17.8 Å². The minimum absolute atomic E-state index is 0.151. The third-order valence-electron chi connectivity index (χ3n) is 4.79. The third-order valence-corrected chi connectivity index (χ3v) is 4.79. The maximum absolute atomic E-state index is 12.4. The highest BCUT2D eigenvalue weighted by Crippen LogP contribution is 2.26. The normalized spacial score (nSPS) is 20.4. The first-order valence-electron chi connectivity index (χ1n) is 9.04. The summed E-state index contributed by atoms with van der Waals surface area (Å²) in [6, 6.07) is 9.65. The molecule has 0 saturated heterocycles. The molecule has 1 amide bonds. The fourth-order valence-corrected chi connectivity index (χ4v) is 3.50. The van der Waals surface area contributed by atoms with E-state index in [2.05, 4.69) is 17.3 Å². The predicted octanol–water partition coefficient (Wildman–Crippen LogP) is 4.08. The maximum Gasteiger partial charge on any atom is 0.273 e. The second kappa shape index (κ2) is 7.83. The first-order valence-corrected chi connectivity index (χ1v) is 9.04. The number of benzene rings is 1. The zero-order chi connectivity index (χ0) is 17.8. The molecule has 5 heteroatoms. The van der Waals surface area contributed by atoms with Gasteiger partial charge in [-0.3, -0.25) is 9.48 Å². The van der Waals surface area contributed by atoms with Crippen LogP contribution in [0.25, 0.3) is 0 Å². The van der Waals surface area contributed by atoms with E-state index in [1.165, 1.54) is 12.8 Å². The van der Waals surface area contributed by atoms with Crippen LogP contribution in [0, 0.1) is 12.8 Å². The molecular formula is C20H27N3O2. The fourth-order valence-electron chi connectivity index (χ4n) is 3.50. The van der Waals surface area contributed by atoms with Crippen molar-refractivity contribution in [3.8, 4) is 0 Å². The predicted molar refractivity (Wildman–Crippen MR) is 98.5 cm³/mol. The molecule has 25 heavy (non-hydrogen) atoms. The molecule has 0 radical (unpaired) electrons. The molecule has 1 aliphatic carbocycles. The Morgan fingerprint density at radius 2 is 2.20 bits per heavy atom. The second-order valence-corrected chi connectivity index (χ2v) is 7.15. The van der Waals surface area contributed by atoms with E-state index < -0.39 is 0 Å². The van der Waals surface area contributed by atoms with E-state index in [-0.39, 0.29) is 5.91 Å². The highest BCUT2D eigenvalue weighted by molar-refractivity contribution is 6.03. The number of rotatable bonds is 5. The number of nitrogens with zero attached hydrogens (tertiary/aromatic N) is 2. The Kier molecular flexibility index (Phi) is 5.53. The first-order chi connectivity index (χ1) is 12.0. The van der Waals surface area contributed by atoms with Crippen LogP contribution in [0.2, 0.25) is 0 Å². The van der Waals surface area contributed by atoms with Gasteiger partial charge in [-0.1, -0.05) is 31.9 Å². The summed E-state index contributed by atoms with van der Waals surface area (Å²) in [7, 11) is 1.78. The summed E-state index contributed by atoms with van der Waals surface area (Å²) in [6.45, 7) is 4.76. The van der Waals surface area contributed by atoms with Crippen molar-refractivity contribution in [1.82, 2.24) is 9.78 Å². The van der Waals surface area contributed by atoms with E-state index >= 15 is 0 Å². The molecule has 1 saturated carbocycles. The van der Waals surface area contributed by atoms with Crippen LogP contribution in [0.1, 0.15) is 54.4 Å². The van der Waals surface area contributed by atoms with E-state index in [4.69, 9.17) is 4.74 Å². The largest absolute Gasteiger partial charge is 0.374 e. The summed E-state index contributed by atoms with van der Waals surface area (Å²) in [5.41, 5.74) is 3.24. The van der Waals surface area contributed by atoms with Crippen molar-refractivity contribution < 1.29 is 9.53 Å². The van der Waals surface area contributed by atoms with Gasteiger partial charge in [0.15, 0.2) is 0 Å². The van der Waals surface area contributed by atoms with Crippen LogP contribution < -0.4 is 5.32 Å². The minimum Gasteiger partial charge on any atom is -0.374 e. The Labute approximate surface area is 149 Å². The lowest BCUT2D eigenvalue weighted by Crippen LogP contribution is -2.21. The molecule has 0 spiro atoms. The lowest BCUT2D eigenvalue weighted by atomic mass is 9.89. The van der Waals surface area contributed by atoms with Crippen molar-refractivity contribution in [2.24, 2.45) is 13.0 Å². The minimum atomic E-state index is -0.151. The number of anilines is 1. The number of carbonyl (C=O) groups excluding carboxylic acids is 1. The molecule has 1 heterocycles. The van der Waals surface area contributed by atoms with Gasteiger partial charge < -0.3 is 10.1 Å². The van der Waals surface area contributed by atoms with E-state index in [0.717, 1.165) is 35.7 Å². The quantitative estimate of drug-likeness (QED) is 0.891. The van der Waals surface area contributed by atoms with Gasteiger partial charge in [-0.25, -0.2) is 0 Å². The average molecular weight is 341 g/mol. The Morgan fingerprint density at radius 3 is 2.92 bits per heavy atom. The van der Waals surface area contributed by atoms with Gasteiger partial charge in [0, 0.05) is 12.7 Å². The molecule has 2 aromatic rings. The summed E-state index contributed by atoms with van der Waals surface area (Å²) in [4.78, 5) is 12.4. The molecule has 0 aliphatic heterocycles. The topological polar surface area (TPSA) is 56.1 Å². The summed E-state index contributed by atoms with van der Waals surface area (Å²) < 4.78 is 7.68. The summed E-state index contributed by atoms with van der Waals surface area (Å²) >= 11 is 0. The zero-order valence-corrected chi connectivity index (χ0v) is 15.3. The Hall–Kier alpha value is -2.14. The second-order valence-electron chi connectivity index (χ2n) is 7.15. The van der Waals surface area contributed by atoms with Crippen molar-refractivity contribution in [3.63, 3.8) is 0 Å². The number of amides is 1. The van der Waals surface area contributed by atoms with Crippen LogP contribution in [0.4, 0.5) is 5.69 Å². The van der Waals surface area contributed by atoms with E-state index in [9.17, 15) is 4.79 Å². The van der Waals surface area contributed by atoms with Crippen LogP contribution in [0.3, 0.4) is 0 Å². The van der Waals surface area contributed by atoms with E-state index in [0.29, 0.717) is 18.4 Å². The van der Waals surface area contributed by atoms with E-state index in [1.807, 2.05) is 31.2 Å². The van der Waals surface area contributed by atoms with Crippen molar-refractivity contribution in [1.29, 1.82) is 0 Å². The van der Waals surface area contributed by atoms with Crippen molar-refractivity contribution in [3.05, 3.63) is 47.3 Å². The molecule has 1 fully saturated rings. The Bertz CT molecular complexity index is 738. The van der Waals surface area contributed by atoms with Gasteiger partial charge >= 0.3 is 0 Å². The van der Waals surface area contributed by atoms with Crippen LogP contribution in [-0.2, 0) is 18.4 Å². The number of hydrogen-bond acceptors (Lipinski definition) is 3. The monoisotopic (exact) mass is 341 g/mol. The molecule has 1 aromatic carbocycles. The third kappa shape index (κ3) is 4.69. The average Bonchev–Trinajstić information content (AvgIpc) is 2.92. The van der Waals surface area contributed by atoms with Crippen molar-refractivity contribution in [2.75, 3.05) is 5.32 Å². The van der Waals surface area contributed by atoms with Crippen LogP contribution in [-0.4, -0.2) is 21.8 Å². The smallest absolute Gasteiger partial charge is 0.273 e. The first kappa shape index (κ1) is 17.7. The number of hydrogen-bond donors (Lipinski definition) is 1. The lowest BCUT2D eigenvalue weighted by molar-refractivity contribution is 0.00468. The van der Waals surface area contributed by atoms with Crippen LogP contribution in [0.5, 0.6) is 0 Å². The molecular weight excluding hydrogens is 314 g/mol. The molecule has 134 valence electrons.